The van der Waals surface area contributed by atoms with Crippen molar-refractivity contribution in [1.82, 2.24) is 25.0 Å². The molecule has 0 atom stereocenters. The van der Waals surface area contributed by atoms with E-state index < -0.39 is 0 Å². The lowest BCUT2D eigenvalue weighted by Crippen LogP contribution is -2.03. The number of hydrogen-bond donors (Lipinski definition) is 3. The van der Waals surface area contributed by atoms with Gasteiger partial charge in [-0.15, -0.1) is 0 Å². The number of aliphatic hydroxyl groups excluding tert-OH is 1. The molecule has 4 rings (SSSR count). The van der Waals surface area contributed by atoms with Gasteiger partial charge in [-0.05, 0) is 37.3 Å². The molecule has 0 spiro atoms. The van der Waals surface area contributed by atoms with Crippen molar-refractivity contribution in [2.75, 3.05) is 11.9 Å². The van der Waals surface area contributed by atoms with E-state index in [1.54, 1.807) is 6.20 Å². The predicted molar refractivity (Wildman–Crippen MR) is 88.7 cm³/mol. The Bertz CT molecular complexity index is 987. The molecule has 4 aromatic rings. The fourth-order valence-corrected chi connectivity index (χ4v) is 2.76. The van der Waals surface area contributed by atoms with Gasteiger partial charge in [0, 0.05) is 17.3 Å². The second kappa shape index (κ2) is 5.36. The molecule has 0 radical (unpaired) electrons. The van der Waals surface area contributed by atoms with Crippen molar-refractivity contribution < 1.29 is 5.11 Å². The van der Waals surface area contributed by atoms with Crippen LogP contribution in [0.5, 0.6) is 0 Å². The molecular weight excluding hydrogens is 292 g/mol. The minimum Gasteiger partial charge on any atom is -0.394 e. The van der Waals surface area contributed by atoms with E-state index in [4.69, 9.17) is 5.11 Å². The van der Waals surface area contributed by atoms with Gasteiger partial charge in [0.25, 0.3) is 0 Å². The minimum absolute atomic E-state index is 0.0706. The van der Waals surface area contributed by atoms with Crippen molar-refractivity contribution in [3.8, 4) is 0 Å². The Morgan fingerprint density at radius 2 is 2.22 bits per heavy atom. The summed E-state index contributed by atoms with van der Waals surface area (Å²) < 4.78 is 1.82. The van der Waals surface area contributed by atoms with Crippen LogP contribution < -0.4 is 5.32 Å². The Kier molecular flexibility index (Phi) is 3.20. The normalized spacial score (nSPS) is 11.4. The highest BCUT2D eigenvalue weighted by Gasteiger charge is 2.10. The number of pyridine rings is 1. The molecule has 1 aromatic carbocycles. The first-order chi connectivity index (χ1) is 11.3. The molecule has 0 fully saturated rings. The Hall–Kier alpha value is -2.93. The van der Waals surface area contributed by atoms with Crippen molar-refractivity contribution in [2.45, 2.75) is 13.5 Å². The summed E-state index contributed by atoms with van der Waals surface area (Å²) in [6.07, 6.45) is 1.75. The van der Waals surface area contributed by atoms with Crippen LogP contribution in [0, 0.1) is 6.92 Å². The monoisotopic (exact) mass is 308 g/mol. The van der Waals surface area contributed by atoms with Gasteiger partial charge in [0.2, 0.25) is 0 Å². The fraction of sp³-hybridized carbons (Fsp3) is 0.188. The zero-order valence-electron chi connectivity index (χ0n) is 12.6. The van der Waals surface area contributed by atoms with Gasteiger partial charge in [-0.25, -0.2) is 0 Å². The first-order valence-corrected chi connectivity index (χ1v) is 7.40. The van der Waals surface area contributed by atoms with Gasteiger partial charge in [-0.2, -0.15) is 10.2 Å². The lowest BCUT2D eigenvalue weighted by molar-refractivity contribution is 0.271. The number of aryl methyl sites for hydroxylation is 1. The number of nitrogens with zero attached hydrogens (tertiary/aromatic N) is 4. The van der Waals surface area contributed by atoms with E-state index in [0.717, 1.165) is 33.3 Å². The van der Waals surface area contributed by atoms with Gasteiger partial charge in [0.05, 0.1) is 29.9 Å². The van der Waals surface area contributed by atoms with Crippen LogP contribution in [-0.4, -0.2) is 36.7 Å². The second-order valence-electron chi connectivity index (χ2n) is 5.36. The highest BCUT2D eigenvalue weighted by molar-refractivity contribution is 5.90. The highest BCUT2D eigenvalue weighted by atomic mass is 16.3. The number of fused-ring (bicyclic) bond motifs is 2. The third-order valence-corrected chi connectivity index (χ3v) is 3.83. The van der Waals surface area contributed by atoms with E-state index in [9.17, 15) is 0 Å². The van der Waals surface area contributed by atoms with Gasteiger partial charge in [-0.1, -0.05) is 0 Å². The Labute approximate surface area is 132 Å². The molecule has 3 heterocycles. The Morgan fingerprint density at radius 1 is 1.30 bits per heavy atom. The average Bonchev–Trinajstić information content (AvgIpc) is 3.10. The van der Waals surface area contributed by atoms with Crippen LogP contribution in [0.2, 0.25) is 0 Å². The van der Waals surface area contributed by atoms with E-state index in [1.807, 2.05) is 41.9 Å². The van der Waals surface area contributed by atoms with Crippen molar-refractivity contribution in [1.29, 1.82) is 0 Å². The fourth-order valence-electron chi connectivity index (χ4n) is 2.76. The number of aromatic nitrogens is 5. The first kappa shape index (κ1) is 13.7. The van der Waals surface area contributed by atoms with Gasteiger partial charge in [0.1, 0.15) is 5.52 Å². The average molecular weight is 308 g/mol. The molecule has 0 unspecified atom stereocenters. The number of hydrogen-bond acceptors (Lipinski definition) is 5. The van der Waals surface area contributed by atoms with E-state index in [0.29, 0.717) is 12.4 Å². The van der Waals surface area contributed by atoms with Crippen molar-refractivity contribution in [3.63, 3.8) is 0 Å². The van der Waals surface area contributed by atoms with Crippen LogP contribution in [0.15, 0.2) is 36.5 Å². The van der Waals surface area contributed by atoms with E-state index in [1.165, 1.54) is 0 Å². The Morgan fingerprint density at radius 3 is 3.09 bits per heavy atom. The summed E-state index contributed by atoms with van der Waals surface area (Å²) in [6, 6.07) is 9.81. The maximum Gasteiger partial charge on any atom is 0.178 e. The molecule has 23 heavy (non-hydrogen) atoms. The number of anilines is 2. The van der Waals surface area contributed by atoms with Crippen LogP contribution >= 0.6 is 0 Å². The zero-order valence-corrected chi connectivity index (χ0v) is 12.6. The van der Waals surface area contributed by atoms with E-state index in [2.05, 4.69) is 25.6 Å². The molecule has 7 nitrogen and oxygen atoms in total. The summed E-state index contributed by atoms with van der Waals surface area (Å²) in [4.78, 5) is 4.35. The van der Waals surface area contributed by atoms with E-state index in [-0.39, 0.29) is 6.61 Å². The molecule has 3 N–H and O–H groups in total. The smallest absolute Gasteiger partial charge is 0.178 e. The number of nitrogens with one attached hydrogen (secondary N) is 2. The summed E-state index contributed by atoms with van der Waals surface area (Å²) in [5, 5.41) is 25.2. The predicted octanol–water partition coefficient (Wildman–Crippen LogP) is 2.35. The van der Waals surface area contributed by atoms with Crippen LogP contribution in [-0.2, 0) is 6.54 Å². The third-order valence-electron chi connectivity index (χ3n) is 3.83. The molecule has 3 aromatic heterocycles. The summed E-state index contributed by atoms with van der Waals surface area (Å²) in [7, 11) is 0. The van der Waals surface area contributed by atoms with E-state index >= 15 is 0 Å². The maximum absolute atomic E-state index is 9.12. The van der Waals surface area contributed by atoms with Crippen LogP contribution in [0.1, 0.15) is 5.69 Å². The van der Waals surface area contributed by atoms with Gasteiger partial charge >= 0.3 is 0 Å². The Balaban J connectivity index is 1.73. The second-order valence-corrected chi connectivity index (χ2v) is 5.36. The van der Waals surface area contributed by atoms with Gasteiger partial charge < -0.3 is 10.4 Å². The lowest BCUT2D eigenvalue weighted by Gasteiger charge is -2.05. The van der Waals surface area contributed by atoms with Crippen LogP contribution in [0.4, 0.5) is 11.5 Å². The van der Waals surface area contributed by atoms with Crippen LogP contribution in [0.3, 0.4) is 0 Å². The molecule has 116 valence electrons. The summed E-state index contributed by atoms with van der Waals surface area (Å²) >= 11 is 0. The number of benzene rings is 1. The molecule has 0 aliphatic heterocycles. The summed E-state index contributed by atoms with van der Waals surface area (Å²) in [5.74, 6) is 0.695. The highest BCUT2D eigenvalue weighted by Crippen LogP contribution is 2.26. The molecule has 0 saturated heterocycles. The molecule has 0 amide bonds. The van der Waals surface area contributed by atoms with Crippen molar-refractivity contribution >= 4 is 33.4 Å². The molecule has 0 aliphatic rings. The number of aliphatic hydroxyl groups is 1. The largest absolute Gasteiger partial charge is 0.394 e. The standard InChI is InChI=1S/C16H16N6O/c1-10-12-9-11(4-5-14(12)22(21-10)7-8-23)18-16-15-13(19-20-16)3-2-6-17-15/h2-6,9,23H,7-8H2,1H3,(H2,18,19,20). The van der Waals surface area contributed by atoms with Gasteiger partial charge in [0.15, 0.2) is 5.82 Å². The van der Waals surface area contributed by atoms with Gasteiger partial charge in [-0.3, -0.25) is 14.8 Å². The number of aromatic amines is 1. The van der Waals surface area contributed by atoms with Crippen molar-refractivity contribution in [2.24, 2.45) is 0 Å². The topological polar surface area (TPSA) is 91.6 Å². The number of H-pyrrole nitrogens is 1. The molecule has 0 bridgehead atoms. The third kappa shape index (κ3) is 2.31. The molecule has 0 saturated carbocycles. The zero-order chi connectivity index (χ0) is 15.8. The molecule has 0 aliphatic carbocycles. The number of rotatable bonds is 4. The first-order valence-electron chi connectivity index (χ1n) is 7.40. The summed E-state index contributed by atoms with van der Waals surface area (Å²) in [6.45, 7) is 2.53. The maximum atomic E-state index is 9.12. The molecule has 7 heteroatoms. The van der Waals surface area contributed by atoms with Crippen LogP contribution in [0.25, 0.3) is 21.9 Å². The summed E-state index contributed by atoms with van der Waals surface area (Å²) in [5.41, 5.74) is 4.56. The molecular formula is C16H16N6O. The quantitative estimate of drug-likeness (QED) is 0.538. The van der Waals surface area contributed by atoms with Crippen molar-refractivity contribution in [3.05, 3.63) is 42.2 Å². The lowest BCUT2D eigenvalue weighted by atomic mass is 10.2. The SMILES string of the molecule is Cc1nn(CCO)c2ccc(Nc3n[nH]c4cccnc34)cc12. The minimum atomic E-state index is 0.0706.